The van der Waals surface area contributed by atoms with E-state index in [1.54, 1.807) is 4.90 Å². The molecule has 2 heterocycles. The Morgan fingerprint density at radius 1 is 1.18 bits per heavy atom. The molecule has 1 aliphatic heterocycles. The Morgan fingerprint density at radius 3 is 2.67 bits per heavy atom. The second-order valence-corrected chi connectivity index (χ2v) is 8.64. The van der Waals surface area contributed by atoms with E-state index in [4.69, 9.17) is 0 Å². The minimum absolute atomic E-state index is 0.128. The number of benzene rings is 1. The molecule has 0 radical (unpaired) electrons. The van der Waals surface area contributed by atoms with Gasteiger partial charge in [0.15, 0.2) is 0 Å². The Labute approximate surface area is 189 Å². The van der Waals surface area contributed by atoms with Crippen LogP contribution in [0.2, 0.25) is 0 Å². The van der Waals surface area contributed by atoms with Crippen molar-refractivity contribution in [1.82, 2.24) is 25.5 Å². The maximum atomic E-state index is 13.3. The van der Waals surface area contributed by atoms with Gasteiger partial charge in [-0.3, -0.25) is 9.59 Å². The lowest BCUT2D eigenvalue weighted by Crippen LogP contribution is -2.57. The van der Waals surface area contributed by atoms with Crippen LogP contribution in [-0.4, -0.2) is 64.4 Å². The number of anilines is 1. The highest BCUT2D eigenvalue weighted by Gasteiger charge is 2.42. The smallest absolute Gasteiger partial charge is 0.358 e. The van der Waals surface area contributed by atoms with Crippen molar-refractivity contribution in [2.24, 2.45) is 0 Å². The molecular weight excluding hydrogens is 437 g/mol. The number of likely N-dealkylation sites (tertiary alicyclic amines) is 1. The van der Waals surface area contributed by atoms with Crippen LogP contribution in [0.1, 0.15) is 38.2 Å². The molecule has 0 bridgehead atoms. The van der Waals surface area contributed by atoms with Gasteiger partial charge in [-0.15, -0.1) is 0 Å². The van der Waals surface area contributed by atoms with E-state index in [1.165, 1.54) is 19.3 Å². The molecule has 1 unspecified atom stereocenters. The zero-order valence-corrected chi connectivity index (χ0v) is 18.4. The molecule has 178 valence electrons. The molecule has 2 fully saturated rings. The molecule has 1 saturated heterocycles. The number of aromatic nitrogens is 2. The van der Waals surface area contributed by atoms with Crippen molar-refractivity contribution in [1.29, 1.82) is 0 Å². The van der Waals surface area contributed by atoms with Gasteiger partial charge in [-0.25, -0.2) is 9.97 Å². The fourth-order valence-corrected chi connectivity index (χ4v) is 4.88. The largest absolute Gasteiger partial charge is 0.416 e. The molecule has 1 aromatic heterocycles. The van der Waals surface area contributed by atoms with Crippen LogP contribution in [0.5, 0.6) is 0 Å². The third-order valence-electron chi connectivity index (χ3n) is 6.52. The van der Waals surface area contributed by atoms with Crippen molar-refractivity contribution in [3.63, 3.8) is 0 Å². The van der Waals surface area contributed by atoms with Crippen LogP contribution in [0.25, 0.3) is 10.9 Å². The number of rotatable bonds is 5. The Balaban J connectivity index is 1.54. The fourth-order valence-electron chi connectivity index (χ4n) is 4.88. The van der Waals surface area contributed by atoms with E-state index in [0.717, 1.165) is 31.4 Å². The molecule has 1 saturated carbocycles. The highest BCUT2D eigenvalue weighted by Crippen LogP contribution is 2.33. The number of carbonyl (C=O) groups excluding carboxylic acids is 2. The first-order valence-electron chi connectivity index (χ1n) is 11.0. The number of hydrogen-bond donors (Lipinski definition) is 3. The molecule has 2 aromatic rings. The number of nitrogens with zero attached hydrogens (tertiary/aromatic N) is 3. The van der Waals surface area contributed by atoms with E-state index in [1.807, 2.05) is 7.05 Å². The summed E-state index contributed by atoms with van der Waals surface area (Å²) >= 11 is 0. The summed E-state index contributed by atoms with van der Waals surface area (Å²) in [6, 6.07) is 2.64. The van der Waals surface area contributed by atoms with Crippen LogP contribution in [0.15, 0.2) is 24.5 Å². The molecule has 11 heteroatoms. The number of carbonyl (C=O) groups is 2. The lowest BCUT2D eigenvalue weighted by molar-refractivity contribution is -0.137. The molecule has 33 heavy (non-hydrogen) atoms. The van der Waals surface area contributed by atoms with Crippen molar-refractivity contribution in [3.8, 4) is 0 Å². The Hall–Kier alpha value is -2.95. The summed E-state index contributed by atoms with van der Waals surface area (Å²) in [5.41, 5.74) is -0.439. The summed E-state index contributed by atoms with van der Waals surface area (Å²) in [6.45, 7) is 1.96. The summed E-state index contributed by atoms with van der Waals surface area (Å²) in [5, 5.41) is 9.48. The number of fused-ring (bicyclic) bond motifs is 1. The molecular formula is C22H27F3N6O2. The van der Waals surface area contributed by atoms with Gasteiger partial charge in [0, 0.05) is 24.9 Å². The van der Waals surface area contributed by atoms with Crippen LogP contribution in [-0.2, 0) is 15.8 Å². The van der Waals surface area contributed by atoms with E-state index in [-0.39, 0.29) is 41.1 Å². The van der Waals surface area contributed by atoms with Gasteiger partial charge >= 0.3 is 6.18 Å². The number of halogens is 3. The average molecular weight is 464 g/mol. The highest BCUT2D eigenvalue weighted by molar-refractivity contribution is 5.93. The van der Waals surface area contributed by atoms with Gasteiger partial charge in [0.05, 0.1) is 23.2 Å². The molecule has 4 atom stereocenters. The first kappa shape index (κ1) is 23.2. The van der Waals surface area contributed by atoms with Gasteiger partial charge < -0.3 is 20.9 Å². The predicted molar refractivity (Wildman–Crippen MR) is 116 cm³/mol. The normalized spacial score (nSPS) is 26.0. The van der Waals surface area contributed by atoms with Gasteiger partial charge in [0.1, 0.15) is 18.2 Å². The lowest BCUT2D eigenvalue weighted by Gasteiger charge is -2.41. The number of nitrogens with one attached hydrogen (secondary N) is 3. The molecule has 0 spiro atoms. The van der Waals surface area contributed by atoms with Crippen LogP contribution in [0.4, 0.5) is 19.0 Å². The fraction of sp³-hybridized carbons (Fsp3) is 0.545. The zero-order valence-electron chi connectivity index (χ0n) is 18.4. The minimum Gasteiger partial charge on any atom is -0.358 e. The number of alkyl halides is 3. The maximum Gasteiger partial charge on any atom is 0.416 e. The summed E-state index contributed by atoms with van der Waals surface area (Å²) in [4.78, 5) is 34.9. The molecule has 2 aliphatic rings. The standard InChI is InChI=1S/C22H27F3N6O2/c1-12(32)29-18-10-14(26-2)4-6-19(18)31-8-7-17(21(31)33)30-20-15-9-13(22(23,24)25)3-5-16(15)27-11-28-20/h3,5,9,11,14,17-19,26H,4,6-8,10H2,1-2H3,(H,29,32)(H,27,28,30)/t14-,17?,18-,19+/m1/s1. The number of hydrogen-bond acceptors (Lipinski definition) is 6. The summed E-state index contributed by atoms with van der Waals surface area (Å²) in [6.07, 6.45) is -0.384. The molecule has 2 amide bonds. The van der Waals surface area contributed by atoms with Crippen molar-refractivity contribution in [2.75, 3.05) is 18.9 Å². The Morgan fingerprint density at radius 2 is 1.97 bits per heavy atom. The van der Waals surface area contributed by atoms with Crippen molar-refractivity contribution >= 4 is 28.5 Å². The van der Waals surface area contributed by atoms with Crippen molar-refractivity contribution in [3.05, 3.63) is 30.1 Å². The summed E-state index contributed by atoms with van der Waals surface area (Å²) in [5.74, 6) is -0.0865. The molecule has 1 aliphatic carbocycles. The third-order valence-corrected chi connectivity index (χ3v) is 6.52. The van der Waals surface area contributed by atoms with E-state index in [0.29, 0.717) is 18.5 Å². The van der Waals surface area contributed by atoms with Crippen molar-refractivity contribution < 1.29 is 22.8 Å². The van der Waals surface area contributed by atoms with Crippen LogP contribution < -0.4 is 16.0 Å². The number of amides is 2. The second-order valence-electron chi connectivity index (χ2n) is 8.64. The van der Waals surface area contributed by atoms with Crippen LogP contribution in [0.3, 0.4) is 0 Å². The monoisotopic (exact) mass is 464 g/mol. The van der Waals surface area contributed by atoms with Crippen LogP contribution in [0, 0.1) is 0 Å². The highest BCUT2D eigenvalue weighted by atomic mass is 19.4. The predicted octanol–water partition coefficient (Wildman–Crippen LogP) is 2.31. The third kappa shape index (κ3) is 4.87. The van der Waals surface area contributed by atoms with Gasteiger partial charge in [-0.1, -0.05) is 0 Å². The van der Waals surface area contributed by atoms with E-state index in [9.17, 15) is 22.8 Å². The van der Waals surface area contributed by atoms with E-state index < -0.39 is 17.8 Å². The van der Waals surface area contributed by atoms with E-state index in [2.05, 4.69) is 25.9 Å². The first-order chi connectivity index (χ1) is 15.7. The quantitative estimate of drug-likeness (QED) is 0.628. The lowest BCUT2D eigenvalue weighted by atomic mass is 9.85. The molecule has 1 aromatic carbocycles. The van der Waals surface area contributed by atoms with Gasteiger partial charge in [-0.2, -0.15) is 13.2 Å². The maximum absolute atomic E-state index is 13.3. The van der Waals surface area contributed by atoms with Gasteiger partial charge in [-0.05, 0) is 50.9 Å². The average Bonchev–Trinajstić information content (AvgIpc) is 3.12. The summed E-state index contributed by atoms with van der Waals surface area (Å²) in [7, 11) is 1.88. The topological polar surface area (TPSA) is 99.2 Å². The Kier molecular flexibility index (Phi) is 6.42. The Bertz CT molecular complexity index is 1050. The zero-order chi connectivity index (χ0) is 23.8. The van der Waals surface area contributed by atoms with Gasteiger partial charge in [0.2, 0.25) is 11.8 Å². The molecule has 4 rings (SSSR count). The van der Waals surface area contributed by atoms with Crippen LogP contribution >= 0.6 is 0 Å². The summed E-state index contributed by atoms with van der Waals surface area (Å²) < 4.78 is 39.6. The van der Waals surface area contributed by atoms with Gasteiger partial charge in [0.25, 0.3) is 0 Å². The second kappa shape index (κ2) is 9.12. The SMILES string of the molecule is CN[C@@H]1CC[C@H](N2CCC(Nc3ncnc4ccc(C(F)(F)F)cc34)C2=O)[C@H](NC(C)=O)C1. The minimum atomic E-state index is -4.49. The van der Waals surface area contributed by atoms with Crippen molar-refractivity contribution in [2.45, 2.75) is 63.0 Å². The molecule has 8 nitrogen and oxygen atoms in total. The molecule has 3 N–H and O–H groups in total. The van der Waals surface area contributed by atoms with E-state index >= 15 is 0 Å². The first-order valence-corrected chi connectivity index (χ1v) is 11.0.